The van der Waals surface area contributed by atoms with Crippen LogP contribution in [0.15, 0.2) is 48.9 Å². The summed E-state index contributed by atoms with van der Waals surface area (Å²) in [5, 5.41) is 0.150. The van der Waals surface area contributed by atoms with Crippen LogP contribution in [-0.2, 0) is 14.8 Å². The van der Waals surface area contributed by atoms with E-state index in [1.165, 1.54) is 0 Å². The van der Waals surface area contributed by atoms with E-state index in [0.717, 1.165) is 0 Å². The van der Waals surface area contributed by atoms with Gasteiger partial charge in [0.1, 0.15) is 0 Å². The Balaban J connectivity index is 1.84. The number of hydrogen-bond acceptors (Lipinski definition) is 2. The van der Waals surface area contributed by atoms with Gasteiger partial charge < -0.3 is 8.85 Å². The van der Waals surface area contributed by atoms with Gasteiger partial charge in [0.05, 0.1) is 12.5 Å². The second-order valence-electron chi connectivity index (χ2n) is 12.5. The standard InChI is InChI=1S/C29H40F2O2Si2/c1-27(2,3)34(7,8)32-17-15-21-11-13-23-24-14-12-22(16-18-33-35(9,10)28(4,5)6)20-26(24)29(30,31)25(23)19-21/h11-20H,1-10H3. The first-order chi connectivity index (χ1) is 15.9. The maximum atomic E-state index is 15.5. The van der Waals surface area contributed by atoms with Crippen molar-refractivity contribution in [3.05, 3.63) is 71.2 Å². The van der Waals surface area contributed by atoms with Crippen LogP contribution in [0, 0.1) is 0 Å². The molecule has 0 aromatic heterocycles. The van der Waals surface area contributed by atoms with Crippen molar-refractivity contribution in [3.8, 4) is 11.1 Å². The topological polar surface area (TPSA) is 18.5 Å². The molecule has 2 nitrogen and oxygen atoms in total. The molecule has 0 radical (unpaired) electrons. The number of rotatable bonds is 6. The fraction of sp³-hybridized carbons (Fsp3) is 0.448. The number of halogens is 2. The highest BCUT2D eigenvalue weighted by molar-refractivity contribution is 6.74. The first-order valence-electron chi connectivity index (χ1n) is 12.2. The summed E-state index contributed by atoms with van der Waals surface area (Å²) >= 11 is 0. The van der Waals surface area contributed by atoms with Crippen molar-refractivity contribution in [2.24, 2.45) is 0 Å². The van der Waals surface area contributed by atoms with Crippen molar-refractivity contribution >= 4 is 28.8 Å². The van der Waals surface area contributed by atoms with Crippen molar-refractivity contribution in [1.29, 1.82) is 0 Å². The quantitative estimate of drug-likeness (QED) is 0.282. The Morgan fingerprint density at radius 1 is 0.657 bits per heavy atom. The minimum atomic E-state index is -3.06. The molecule has 1 aliphatic rings. The van der Waals surface area contributed by atoms with Crippen LogP contribution in [0.25, 0.3) is 23.3 Å². The lowest BCUT2D eigenvalue weighted by molar-refractivity contribution is 0.0479. The molecular weight excluding hydrogens is 474 g/mol. The van der Waals surface area contributed by atoms with E-state index in [2.05, 4.69) is 67.7 Å². The van der Waals surface area contributed by atoms with Crippen LogP contribution in [0.1, 0.15) is 63.8 Å². The number of alkyl halides is 2. The largest absolute Gasteiger partial charge is 0.549 e. The van der Waals surface area contributed by atoms with Crippen LogP contribution in [0.5, 0.6) is 0 Å². The zero-order valence-corrected chi connectivity index (χ0v) is 24.8. The molecule has 2 aromatic carbocycles. The third kappa shape index (κ3) is 5.48. The summed E-state index contributed by atoms with van der Waals surface area (Å²) in [5.74, 6) is -3.06. The molecule has 0 atom stereocenters. The maximum Gasteiger partial charge on any atom is 0.299 e. The van der Waals surface area contributed by atoms with Gasteiger partial charge >= 0.3 is 0 Å². The van der Waals surface area contributed by atoms with E-state index in [9.17, 15) is 0 Å². The number of benzene rings is 2. The Morgan fingerprint density at radius 3 is 1.31 bits per heavy atom. The molecule has 1 aliphatic carbocycles. The first kappa shape index (κ1) is 27.4. The molecule has 0 amide bonds. The van der Waals surface area contributed by atoms with Gasteiger partial charge in [-0.25, -0.2) is 0 Å². The Morgan fingerprint density at radius 2 is 1.00 bits per heavy atom. The minimum Gasteiger partial charge on any atom is -0.549 e. The van der Waals surface area contributed by atoms with Gasteiger partial charge in [-0.3, -0.25) is 0 Å². The van der Waals surface area contributed by atoms with Crippen molar-refractivity contribution < 1.29 is 17.6 Å². The summed E-state index contributed by atoms with van der Waals surface area (Å²) in [6.45, 7) is 21.7. The predicted molar refractivity (Wildman–Crippen MR) is 150 cm³/mol. The van der Waals surface area contributed by atoms with E-state index in [0.29, 0.717) is 22.3 Å². The lowest BCUT2D eigenvalue weighted by Crippen LogP contribution is -2.39. The SMILES string of the molecule is CC(C)(C)[Si](C)(C)OC=Cc1ccc2c(c1)C(F)(F)c1cc(C=CO[Si](C)(C)C(C)(C)C)ccc1-2. The van der Waals surface area contributed by atoms with Crippen LogP contribution in [0.2, 0.25) is 36.3 Å². The average molecular weight is 515 g/mol. The lowest BCUT2D eigenvalue weighted by atomic mass is 10.0. The maximum absolute atomic E-state index is 15.5. The first-order valence-corrected chi connectivity index (χ1v) is 18.0. The van der Waals surface area contributed by atoms with Gasteiger partial charge in [0.25, 0.3) is 5.92 Å². The van der Waals surface area contributed by atoms with E-state index in [1.807, 2.05) is 12.1 Å². The number of fused-ring (bicyclic) bond motifs is 3. The van der Waals surface area contributed by atoms with Crippen molar-refractivity contribution in [2.45, 2.75) is 83.7 Å². The summed E-state index contributed by atoms with van der Waals surface area (Å²) in [6, 6.07) is 10.5. The normalized spacial score (nSPS) is 16.0. The molecule has 6 heteroatoms. The Kier molecular flexibility index (Phi) is 7.08. The van der Waals surface area contributed by atoms with E-state index in [1.54, 1.807) is 48.9 Å². The summed E-state index contributed by atoms with van der Waals surface area (Å²) in [5.41, 5.74) is 2.66. The molecule has 35 heavy (non-hydrogen) atoms. The number of hydrogen-bond donors (Lipinski definition) is 0. The van der Waals surface area contributed by atoms with Crippen LogP contribution in [0.3, 0.4) is 0 Å². The monoisotopic (exact) mass is 514 g/mol. The Labute approximate surface area is 212 Å². The van der Waals surface area contributed by atoms with Gasteiger partial charge in [-0.1, -0.05) is 65.8 Å². The van der Waals surface area contributed by atoms with Gasteiger partial charge in [0.2, 0.25) is 16.6 Å². The molecule has 190 valence electrons. The fourth-order valence-electron chi connectivity index (χ4n) is 3.38. The average Bonchev–Trinajstić information content (AvgIpc) is 2.93. The van der Waals surface area contributed by atoms with Crippen LogP contribution < -0.4 is 0 Å². The second-order valence-corrected chi connectivity index (χ2v) is 22.1. The van der Waals surface area contributed by atoms with Gasteiger partial charge in [-0.05, 0) is 82.8 Å². The zero-order chi connectivity index (χ0) is 26.4. The molecule has 0 bridgehead atoms. The molecule has 0 heterocycles. The molecular formula is C29H40F2O2Si2. The zero-order valence-electron chi connectivity index (χ0n) is 22.8. The molecule has 2 aromatic rings. The fourth-order valence-corrected chi connectivity index (χ4v) is 4.91. The van der Waals surface area contributed by atoms with Gasteiger partial charge in [-0.2, -0.15) is 8.78 Å². The smallest absolute Gasteiger partial charge is 0.299 e. The molecule has 0 aliphatic heterocycles. The van der Waals surface area contributed by atoms with Crippen LogP contribution in [-0.4, -0.2) is 16.6 Å². The van der Waals surface area contributed by atoms with E-state index in [-0.39, 0.29) is 21.2 Å². The molecule has 0 N–H and O–H groups in total. The van der Waals surface area contributed by atoms with Crippen molar-refractivity contribution in [1.82, 2.24) is 0 Å². The highest BCUT2D eigenvalue weighted by Crippen LogP contribution is 2.51. The van der Waals surface area contributed by atoms with Crippen molar-refractivity contribution in [3.63, 3.8) is 0 Å². The Bertz CT molecular complexity index is 1060. The minimum absolute atomic E-state index is 0.0422. The highest BCUT2D eigenvalue weighted by atomic mass is 28.4. The molecule has 0 unspecified atom stereocenters. The molecule has 3 rings (SSSR count). The van der Waals surface area contributed by atoms with Crippen LogP contribution >= 0.6 is 0 Å². The molecule has 0 saturated carbocycles. The lowest BCUT2D eigenvalue weighted by Gasteiger charge is -2.34. The Hall–Kier alpha value is -2.19. The summed E-state index contributed by atoms with van der Waals surface area (Å²) in [4.78, 5) is 0. The van der Waals surface area contributed by atoms with Gasteiger partial charge in [0.15, 0.2) is 0 Å². The van der Waals surface area contributed by atoms with E-state index >= 15 is 8.78 Å². The summed E-state index contributed by atoms with van der Waals surface area (Å²) in [6.07, 6.45) is 6.91. The second kappa shape index (κ2) is 9.04. The predicted octanol–water partition coefficient (Wildman–Crippen LogP) is 9.79. The molecule has 0 fully saturated rings. The highest BCUT2D eigenvalue weighted by Gasteiger charge is 2.44. The van der Waals surface area contributed by atoms with Crippen molar-refractivity contribution in [2.75, 3.05) is 0 Å². The molecule has 0 saturated heterocycles. The summed E-state index contributed by atoms with van der Waals surface area (Å²) < 4.78 is 43.2. The van der Waals surface area contributed by atoms with Crippen LogP contribution in [0.4, 0.5) is 8.78 Å². The van der Waals surface area contributed by atoms with E-state index < -0.39 is 22.6 Å². The van der Waals surface area contributed by atoms with Gasteiger partial charge in [0, 0.05) is 11.1 Å². The third-order valence-electron chi connectivity index (χ3n) is 7.91. The third-order valence-corrected chi connectivity index (χ3v) is 16.6. The molecule has 0 spiro atoms. The van der Waals surface area contributed by atoms with Gasteiger partial charge in [-0.15, -0.1) is 0 Å². The summed E-state index contributed by atoms with van der Waals surface area (Å²) in [7, 11) is -3.90. The van der Waals surface area contributed by atoms with E-state index in [4.69, 9.17) is 8.85 Å².